The van der Waals surface area contributed by atoms with E-state index in [1.165, 1.54) is 0 Å². The molecule has 2 aromatic rings. The molecule has 0 aliphatic carbocycles. The third kappa shape index (κ3) is 5.23. The van der Waals surface area contributed by atoms with Crippen molar-refractivity contribution < 1.29 is 14.7 Å². The summed E-state index contributed by atoms with van der Waals surface area (Å²) < 4.78 is 0. The zero-order chi connectivity index (χ0) is 17.4. The molecule has 0 radical (unpaired) electrons. The lowest BCUT2D eigenvalue weighted by molar-refractivity contribution is -0.131. The van der Waals surface area contributed by atoms with Gasteiger partial charge in [0.1, 0.15) is 0 Å². The molecule has 1 amide bonds. The maximum absolute atomic E-state index is 12.5. The van der Waals surface area contributed by atoms with Crippen molar-refractivity contribution in [2.24, 2.45) is 0 Å². The first-order valence-corrected chi connectivity index (χ1v) is 8.24. The molecule has 0 saturated carbocycles. The van der Waals surface area contributed by atoms with Crippen LogP contribution in [0.1, 0.15) is 41.3 Å². The number of nitrogens with zero attached hydrogens (tertiary/aromatic N) is 1. The number of carboxylic acids is 1. The van der Waals surface area contributed by atoms with Gasteiger partial charge in [0, 0.05) is 19.5 Å². The Labute approximate surface area is 142 Å². The van der Waals surface area contributed by atoms with Gasteiger partial charge in [0.25, 0.3) is 0 Å². The highest BCUT2D eigenvalue weighted by Crippen LogP contribution is 2.11. The molecule has 0 bridgehead atoms. The molecule has 2 rings (SSSR count). The van der Waals surface area contributed by atoms with E-state index in [2.05, 4.69) is 6.92 Å². The molecule has 126 valence electrons. The smallest absolute Gasteiger partial charge is 0.335 e. The third-order valence-electron chi connectivity index (χ3n) is 3.89. The van der Waals surface area contributed by atoms with Crippen LogP contribution in [0.4, 0.5) is 0 Å². The van der Waals surface area contributed by atoms with Gasteiger partial charge in [-0.3, -0.25) is 4.79 Å². The first-order valence-electron chi connectivity index (χ1n) is 8.24. The van der Waals surface area contributed by atoms with Crippen molar-refractivity contribution >= 4 is 11.9 Å². The van der Waals surface area contributed by atoms with Gasteiger partial charge in [-0.15, -0.1) is 0 Å². The molecule has 2 aromatic carbocycles. The SMILES string of the molecule is CCCN(Cc1ccccc1)C(=O)CCc1ccc(C(=O)O)cc1. The van der Waals surface area contributed by atoms with Crippen LogP contribution in [0.5, 0.6) is 0 Å². The molecule has 1 N–H and O–H groups in total. The van der Waals surface area contributed by atoms with Gasteiger partial charge in [0.15, 0.2) is 0 Å². The highest BCUT2D eigenvalue weighted by molar-refractivity contribution is 5.87. The fourth-order valence-electron chi connectivity index (χ4n) is 2.59. The van der Waals surface area contributed by atoms with E-state index < -0.39 is 5.97 Å². The zero-order valence-corrected chi connectivity index (χ0v) is 13.9. The number of benzene rings is 2. The van der Waals surface area contributed by atoms with Gasteiger partial charge >= 0.3 is 5.97 Å². The molecule has 4 nitrogen and oxygen atoms in total. The Hall–Kier alpha value is -2.62. The minimum Gasteiger partial charge on any atom is -0.478 e. The number of hydrogen-bond acceptors (Lipinski definition) is 2. The van der Waals surface area contributed by atoms with E-state index in [9.17, 15) is 9.59 Å². The Bertz CT molecular complexity index is 665. The lowest BCUT2D eigenvalue weighted by Gasteiger charge is -2.22. The first kappa shape index (κ1) is 17.7. The third-order valence-corrected chi connectivity index (χ3v) is 3.89. The Morgan fingerprint density at radius 2 is 1.62 bits per heavy atom. The Morgan fingerprint density at radius 3 is 2.21 bits per heavy atom. The summed E-state index contributed by atoms with van der Waals surface area (Å²) in [5, 5.41) is 8.91. The van der Waals surface area contributed by atoms with Crippen molar-refractivity contribution in [2.45, 2.75) is 32.7 Å². The number of carboxylic acid groups (broad SMARTS) is 1. The second-order valence-corrected chi connectivity index (χ2v) is 5.80. The molecule has 0 aliphatic heterocycles. The van der Waals surface area contributed by atoms with Gasteiger partial charge in [-0.2, -0.15) is 0 Å². The molecule has 0 fully saturated rings. The van der Waals surface area contributed by atoms with Gasteiger partial charge in [-0.25, -0.2) is 4.79 Å². The monoisotopic (exact) mass is 325 g/mol. The molecule has 0 aromatic heterocycles. The summed E-state index contributed by atoms with van der Waals surface area (Å²) in [5.41, 5.74) is 2.37. The number of carbonyl (C=O) groups excluding carboxylic acids is 1. The number of carbonyl (C=O) groups is 2. The average molecular weight is 325 g/mol. The van der Waals surface area contributed by atoms with Crippen LogP contribution in [-0.2, 0) is 17.8 Å². The standard InChI is InChI=1S/C20H23NO3/c1-2-14-21(15-17-6-4-3-5-7-17)19(22)13-10-16-8-11-18(12-9-16)20(23)24/h3-9,11-12H,2,10,13-15H2,1H3,(H,23,24). The van der Waals surface area contributed by atoms with E-state index >= 15 is 0 Å². The van der Waals surface area contributed by atoms with E-state index in [1.807, 2.05) is 35.2 Å². The zero-order valence-electron chi connectivity index (χ0n) is 13.9. The molecule has 0 aliphatic rings. The maximum Gasteiger partial charge on any atom is 0.335 e. The van der Waals surface area contributed by atoms with Crippen molar-refractivity contribution in [3.8, 4) is 0 Å². The van der Waals surface area contributed by atoms with E-state index in [0.717, 1.165) is 24.1 Å². The van der Waals surface area contributed by atoms with Gasteiger partial charge in [0.05, 0.1) is 5.56 Å². The van der Waals surface area contributed by atoms with Crippen LogP contribution < -0.4 is 0 Å². The number of aryl methyl sites for hydroxylation is 1. The van der Waals surface area contributed by atoms with Crippen LogP contribution in [0.15, 0.2) is 54.6 Å². The largest absolute Gasteiger partial charge is 0.478 e. The van der Waals surface area contributed by atoms with Gasteiger partial charge < -0.3 is 10.0 Å². The van der Waals surface area contributed by atoms with E-state index in [0.29, 0.717) is 19.4 Å². The van der Waals surface area contributed by atoms with Crippen molar-refractivity contribution in [1.29, 1.82) is 0 Å². The summed E-state index contributed by atoms with van der Waals surface area (Å²) in [5.74, 6) is -0.808. The van der Waals surface area contributed by atoms with E-state index in [-0.39, 0.29) is 11.5 Å². The summed E-state index contributed by atoms with van der Waals surface area (Å²) in [6, 6.07) is 16.7. The van der Waals surface area contributed by atoms with E-state index in [1.54, 1.807) is 24.3 Å². The van der Waals surface area contributed by atoms with Gasteiger partial charge in [-0.05, 0) is 36.1 Å². The fraction of sp³-hybridized carbons (Fsp3) is 0.300. The average Bonchev–Trinajstić information content (AvgIpc) is 2.60. The molecule has 0 saturated heterocycles. The lowest BCUT2D eigenvalue weighted by Crippen LogP contribution is -2.31. The molecular weight excluding hydrogens is 302 g/mol. The summed E-state index contributed by atoms with van der Waals surface area (Å²) >= 11 is 0. The van der Waals surface area contributed by atoms with E-state index in [4.69, 9.17) is 5.11 Å². The molecule has 24 heavy (non-hydrogen) atoms. The second-order valence-electron chi connectivity index (χ2n) is 5.80. The summed E-state index contributed by atoms with van der Waals surface area (Å²) in [6.45, 7) is 3.44. The van der Waals surface area contributed by atoms with Crippen LogP contribution in [-0.4, -0.2) is 28.4 Å². The predicted molar refractivity (Wildman–Crippen MR) is 93.9 cm³/mol. The molecule has 0 spiro atoms. The normalized spacial score (nSPS) is 10.4. The Kier molecular flexibility index (Phi) is 6.55. The van der Waals surface area contributed by atoms with Crippen LogP contribution >= 0.6 is 0 Å². The number of aromatic carboxylic acids is 1. The van der Waals surface area contributed by atoms with Crippen molar-refractivity contribution in [3.05, 3.63) is 71.3 Å². The van der Waals surface area contributed by atoms with Crippen molar-refractivity contribution in [1.82, 2.24) is 4.90 Å². The predicted octanol–water partition coefficient (Wildman–Crippen LogP) is 3.76. The highest BCUT2D eigenvalue weighted by atomic mass is 16.4. The topological polar surface area (TPSA) is 57.6 Å². The molecule has 0 heterocycles. The Balaban J connectivity index is 1.93. The number of rotatable bonds is 8. The van der Waals surface area contributed by atoms with Crippen molar-refractivity contribution in [3.63, 3.8) is 0 Å². The number of amides is 1. The first-order chi connectivity index (χ1) is 11.6. The molecular formula is C20H23NO3. The van der Waals surface area contributed by atoms with Crippen LogP contribution in [0.25, 0.3) is 0 Å². The number of hydrogen-bond donors (Lipinski definition) is 1. The molecule has 0 atom stereocenters. The summed E-state index contributed by atoms with van der Waals surface area (Å²) in [6.07, 6.45) is 1.97. The quantitative estimate of drug-likeness (QED) is 0.804. The van der Waals surface area contributed by atoms with Gasteiger partial charge in [0.2, 0.25) is 5.91 Å². The summed E-state index contributed by atoms with van der Waals surface area (Å²) in [7, 11) is 0. The molecule has 0 unspecified atom stereocenters. The molecule has 4 heteroatoms. The minimum atomic E-state index is -0.936. The minimum absolute atomic E-state index is 0.128. The summed E-state index contributed by atoms with van der Waals surface area (Å²) in [4.78, 5) is 25.3. The van der Waals surface area contributed by atoms with Gasteiger partial charge in [-0.1, -0.05) is 49.4 Å². The van der Waals surface area contributed by atoms with Crippen molar-refractivity contribution in [2.75, 3.05) is 6.54 Å². The van der Waals surface area contributed by atoms with Crippen LogP contribution in [0.2, 0.25) is 0 Å². The highest BCUT2D eigenvalue weighted by Gasteiger charge is 2.13. The fourth-order valence-corrected chi connectivity index (χ4v) is 2.59. The maximum atomic E-state index is 12.5. The second kappa shape index (κ2) is 8.87. The van der Waals surface area contributed by atoms with Crippen LogP contribution in [0, 0.1) is 0 Å². The lowest BCUT2D eigenvalue weighted by atomic mass is 10.1. The Morgan fingerprint density at radius 1 is 0.958 bits per heavy atom. The van der Waals surface area contributed by atoms with Crippen LogP contribution in [0.3, 0.4) is 0 Å².